The zero-order valence-electron chi connectivity index (χ0n) is 4.84. The van der Waals surface area contributed by atoms with E-state index in [9.17, 15) is 0 Å². The molecule has 0 spiro atoms. The number of nitrogens with two attached hydrogens (primary N) is 1. The van der Waals surface area contributed by atoms with Crippen LogP contribution in [0.2, 0.25) is 0 Å². The van der Waals surface area contributed by atoms with Crippen LogP contribution in [0, 0.1) is 0 Å². The third-order valence-corrected chi connectivity index (χ3v) is 1.78. The fraction of sp³-hybridized carbons (Fsp3) is 0.500. The van der Waals surface area contributed by atoms with Crippen molar-refractivity contribution < 1.29 is 0 Å². The van der Waals surface area contributed by atoms with Crippen molar-refractivity contribution in [2.24, 2.45) is 0 Å². The van der Waals surface area contributed by atoms with Crippen LogP contribution in [0.5, 0.6) is 0 Å². The molecular weight excluding hydrogens is 202 g/mol. The Morgan fingerprint density at radius 3 is 2.67 bits per heavy atom. The van der Waals surface area contributed by atoms with Crippen molar-refractivity contribution in [3.05, 3.63) is 5.82 Å². The quantitative estimate of drug-likeness (QED) is 0.712. The summed E-state index contributed by atoms with van der Waals surface area (Å²) in [6, 6.07) is 0. The maximum atomic E-state index is 5.34. The summed E-state index contributed by atoms with van der Waals surface area (Å²) < 4.78 is 3.97. The van der Waals surface area contributed by atoms with Crippen molar-refractivity contribution in [3.8, 4) is 0 Å². The van der Waals surface area contributed by atoms with Crippen LogP contribution in [0.25, 0.3) is 0 Å². The van der Waals surface area contributed by atoms with Crippen molar-refractivity contribution in [3.63, 3.8) is 0 Å². The molecule has 0 aromatic carbocycles. The van der Waals surface area contributed by atoms with Crippen LogP contribution >= 0.6 is 27.5 Å². The van der Waals surface area contributed by atoms with E-state index in [1.54, 1.807) is 0 Å². The molecule has 3 nitrogen and oxygen atoms in total. The summed E-state index contributed by atoms with van der Waals surface area (Å²) in [4.78, 5) is 4.15. The summed E-state index contributed by atoms with van der Waals surface area (Å²) in [6.07, 6.45) is 0. The predicted molar refractivity (Wildman–Crippen MR) is 41.7 cm³/mol. The average molecular weight is 208 g/mol. The van der Waals surface area contributed by atoms with E-state index in [1.165, 1.54) is 11.5 Å². The van der Waals surface area contributed by atoms with Crippen LogP contribution in [-0.4, -0.2) is 9.36 Å². The zero-order valence-corrected chi connectivity index (χ0v) is 7.24. The molecule has 0 aliphatic carbocycles. The highest BCUT2D eigenvalue weighted by Gasteiger charge is 2.05. The van der Waals surface area contributed by atoms with Gasteiger partial charge in [0.05, 0.1) is 4.83 Å². The Kier molecular flexibility index (Phi) is 2.02. The minimum Gasteiger partial charge on any atom is -0.374 e. The SMILES string of the molecule is CC(Br)c1nsc(N)n1. The molecular formula is C4H6BrN3S. The van der Waals surface area contributed by atoms with Crippen LogP contribution in [0.1, 0.15) is 17.6 Å². The smallest absolute Gasteiger partial charge is 0.199 e. The molecule has 1 aromatic rings. The third kappa shape index (κ3) is 1.62. The minimum atomic E-state index is 0.200. The van der Waals surface area contributed by atoms with Gasteiger partial charge in [0.2, 0.25) is 0 Å². The van der Waals surface area contributed by atoms with Crippen molar-refractivity contribution in [1.82, 2.24) is 9.36 Å². The van der Waals surface area contributed by atoms with E-state index < -0.39 is 0 Å². The Labute approximate surface area is 65.6 Å². The summed E-state index contributed by atoms with van der Waals surface area (Å²) in [5, 5.41) is 0.524. The van der Waals surface area contributed by atoms with Crippen LogP contribution in [0.3, 0.4) is 0 Å². The van der Waals surface area contributed by atoms with Gasteiger partial charge in [0.15, 0.2) is 11.0 Å². The van der Waals surface area contributed by atoms with Gasteiger partial charge in [-0.3, -0.25) is 0 Å². The zero-order chi connectivity index (χ0) is 6.85. The normalized spacial score (nSPS) is 13.6. The van der Waals surface area contributed by atoms with Crippen molar-refractivity contribution in [2.45, 2.75) is 11.8 Å². The molecule has 1 heterocycles. The largest absolute Gasteiger partial charge is 0.374 e. The average Bonchev–Trinajstić information content (AvgIpc) is 2.14. The second-order valence-corrected chi connectivity index (χ2v) is 3.76. The van der Waals surface area contributed by atoms with E-state index >= 15 is 0 Å². The summed E-state index contributed by atoms with van der Waals surface area (Å²) >= 11 is 4.54. The van der Waals surface area contributed by atoms with E-state index in [-0.39, 0.29) is 4.83 Å². The van der Waals surface area contributed by atoms with Crippen LogP contribution < -0.4 is 5.73 Å². The molecule has 0 fully saturated rings. The monoisotopic (exact) mass is 207 g/mol. The van der Waals surface area contributed by atoms with Gasteiger partial charge in [0.1, 0.15) is 0 Å². The molecule has 0 bridgehead atoms. The second-order valence-electron chi connectivity index (χ2n) is 1.61. The second kappa shape index (κ2) is 2.62. The van der Waals surface area contributed by atoms with Gasteiger partial charge in [-0.1, -0.05) is 15.9 Å². The van der Waals surface area contributed by atoms with Crippen LogP contribution in [0.15, 0.2) is 0 Å². The Bertz CT molecular complexity index is 197. The number of halogens is 1. The summed E-state index contributed by atoms with van der Waals surface area (Å²) in [7, 11) is 0. The molecule has 1 unspecified atom stereocenters. The molecule has 0 saturated heterocycles. The van der Waals surface area contributed by atoms with Gasteiger partial charge in [-0.15, -0.1) is 0 Å². The molecule has 1 rings (SSSR count). The minimum absolute atomic E-state index is 0.200. The van der Waals surface area contributed by atoms with Crippen LogP contribution in [-0.2, 0) is 0 Å². The van der Waals surface area contributed by atoms with Gasteiger partial charge in [-0.25, -0.2) is 4.98 Å². The van der Waals surface area contributed by atoms with Crippen molar-refractivity contribution in [2.75, 3.05) is 5.73 Å². The van der Waals surface area contributed by atoms with Gasteiger partial charge in [-0.2, -0.15) is 4.37 Å². The fourth-order valence-corrected chi connectivity index (χ4v) is 1.27. The standard InChI is InChI=1S/C4H6BrN3S/c1-2(5)3-7-4(6)9-8-3/h2H,1H3,(H2,6,7,8). The van der Waals surface area contributed by atoms with E-state index in [1.807, 2.05) is 6.92 Å². The summed E-state index contributed by atoms with van der Waals surface area (Å²) in [5.41, 5.74) is 5.34. The maximum Gasteiger partial charge on any atom is 0.199 e. The maximum absolute atomic E-state index is 5.34. The first-order chi connectivity index (χ1) is 4.20. The molecule has 0 aliphatic heterocycles. The molecule has 0 saturated carbocycles. The van der Waals surface area contributed by atoms with Gasteiger partial charge in [-0.05, 0) is 6.92 Å². The summed E-state index contributed by atoms with van der Waals surface area (Å²) in [5.74, 6) is 0.762. The third-order valence-electron chi connectivity index (χ3n) is 0.813. The first-order valence-electron chi connectivity index (χ1n) is 2.43. The number of anilines is 1. The molecule has 9 heavy (non-hydrogen) atoms. The lowest BCUT2D eigenvalue weighted by Gasteiger charge is -1.90. The number of hydrogen-bond donors (Lipinski definition) is 1. The molecule has 2 N–H and O–H groups in total. The van der Waals surface area contributed by atoms with E-state index in [0.717, 1.165) is 5.82 Å². The van der Waals surface area contributed by atoms with Gasteiger partial charge in [0, 0.05) is 11.5 Å². The predicted octanol–water partition coefficient (Wildman–Crippen LogP) is 1.58. The first-order valence-corrected chi connectivity index (χ1v) is 4.12. The van der Waals surface area contributed by atoms with Crippen molar-refractivity contribution >= 4 is 32.6 Å². The Morgan fingerprint density at radius 1 is 1.78 bits per heavy atom. The fourth-order valence-electron chi connectivity index (χ4n) is 0.409. The lowest BCUT2D eigenvalue weighted by atomic mass is 10.5. The summed E-state index contributed by atoms with van der Waals surface area (Å²) in [6.45, 7) is 1.96. The lowest BCUT2D eigenvalue weighted by molar-refractivity contribution is 0.992. The molecule has 5 heteroatoms. The highest BCUT2D eigenvalue weighted by Crippen LogP contribution is 2.20. The number of aromatic nitrogens is 2. The molecule has 0 radical (unpaired) electrons. The highest BCUT2D eigenvalue weighted by molar-refractivity contribution is 9.09. The number of rotatable bonds is 1. The lowest BCUT2D eigenvalue weighted by Crippen LogP contribution is -1.87. The molecule has 0 aliphatic rings. The van der Waals surface area contributed by atoms with Gasteiger partial charge >= 0.3 is 0 Å². The Hall–Kier alpha value is -0.160. The van der Waals surface area contributed by atoms with Crippen LogP contribution in [0.4, 0.5) is 5.13 Å². The highest BCUT2D eigenvalue weighted by atomic mass is 79.9. The molecule has 50 valence electrons. The number of hydrogen-bond acceptors (Lipinski definition) is 4. The first kappa shape index (κ1) is 6.95. The number of nitrogen functional groups attached to an aromatic ring is 1. The van der Waals surface area contributed by atoms with Crippen molar-refractivity contribution in [1.29, 1.82) is 0 Å². The van der Waals surface area contributed by atoms with E-state index in [0.29, 0.717) is 5.13 Å². The number of alkyl halides is 1. The molecule has 1 aromatic heterocycles. The molecule has 0 amide bonds. The van der Waals surface area contributed by atoms with Gasteiger partial charge in [0.25, 0.3) is 0 Å². The molecule has 1 atom stereocenters. The number of nitrogens with zero attached hydrogens (tertiary/aromatic N) is 2. The van der Waals surface area contributed by atoms with E-state index in [2.05, 4.69) is 25.3 Å². The topological polar surface area (TPSA) is 51.8 Å². The van der Waals surface area contributed by atoms with E-state index in [4.69, 9.17) is 5.73 Å². The Morgan fingerprint density at radius 2 is 2.44 bits per heavy atom. The van der Waals surface area contributed by atoms with Gasteiger partial charge < -0.3 is 5.73 Å². The Balaban J connectivity index is 2.85.